The number of rotatable bonds is 6. The van der Waals surface area contributed by atoms with E-state index in [1.807, 2.05) is 0 Å². The molecule has 0 atom stereocenters. The van der Waals surface area contributed by atoms with Crippen molar-refractivity contribution in [3.8, 4) is 0 Å². The van der Waals surface area contributed by atoms with E-state index in [0.717, 1.165) is 37.0 Å². The molecule has 1 aliphatic carbocycles. The Morgan fingerprint density at radius 1 is 1.26 bits per heavy atom. The van der Waals surface area contributed by atoms with Crippen LogP contribution in [-0.4, -0.2) is 35.8 Å². The molecule has 1 heterocycles. The molecule has 0 bridgehead atoms. The van der Waals surface area contributed by atoms with Crippen molar-refractivity contribution in [3.05, 3.63) is 44.9 Å². The lowest BCUT2D eigenvalue weighted by atomic mass is 9.96. The van der Waals surface area contributed by atoms with Gasteiger partial charge in [0.2, 0.25) is 5.78 Å². The summed E-state index contributed by atoms with van der Waals surface area (Å²) in [5.74, 6) is -2.55. The molecule has 0 unspecified atom stereocenters. The van der Waals surface area contributed by atoms with Gasteiger partial charge < -0.3 is 10.2 Å². The molecule has 1 aromatic heterocycles. The largest absolute Gasteiger partial charge is 0.359 e. The van der Waals surface area contributed by atoms with Gasteiger partial charge in [0.15, 0.2) is 10.3 Å². The summed E-state index contributed by atoms with van der Waals surface area (Å²) in [6.07, 6.45) is 5.60. The fourth-order valence-electron chi connectivity index (χ4n) is 3.34. The lowest BCUT2D eigenvalue weighted by Gasteiger charge is -2.22. The fraction of sp³-hybridized carbons (Fsp3) is 0.474. The first kappa shape index (κ1) is 20.2. The zero-order valence-electron chi connectivity index (χ0n) is 15.3. The molecule has 27 heavy (non-hydrogen) atoms. The number of aromatic nitrogens is 1. The van der Waals surface area contributed by atoms with Crippen LogP contribution in [0.1, 0.15) is 52.9 Å². The van der Waals surface area contributed by atoms with Crippen LogP contribution in [0.5, 0.6) is 0 Å². The monoisotopic (exact) mass is 413 g/mol. The number of benzene rings is 1. The maximum atomic E-state index is 14.5. The van der Waals surface area contributed by atoms with Crippen LogP contribution in [0.3, 0.4) is 0 Å². The molecule has 0 saturated heterocycles. The molecule has 2 aromatic rings. The number of carbonyl (C=O) groups excluding carboxylic acids is 1. The highest BCUT2D eigenvalue weighted by Gasteiger charge is 2.26. The van der Waals surface area contributed by atoms with Crippen molar-refractivity contribution in [2.24, 2.45) is 0 Å². The Bertz CT molecular complexity index is 811. The van der Waals surface area contributed by atoms with Gasteiger partial charge in [-0.2, -0.15) is 0 Å². The number of carbonyl (C=O) groups is 1. The number of halogens is 3. The molecule has 1 saturated carbocycles. The number of thiazole rings is 1. The highest BCUT2D eigenvalue weighted by molar-refractivity contribution is 7.18. The van der Waals surface area contributed by atoms with E-state index in [9.17, 15) is 13.6 Å². The molecule has 1 N–H and O–H groups in total. The molecule has 8 heteroatoms. The molecular weight excluding hydrogens is 392 g/mol. The fourth-order valence-corrected chi connectivity index (χ4v) is 4.55. The van der Waals surface area contributed by atoms with Crippen LogP contribution < -0.4 is 5.32 Å². The van der Waals surface area contributed by atoms with E-state index >= 15 is 0 Å². The highest BCUT2D eigenvalue weighted by atomic mass is 35.5. The zero-order valence-corrected chi connectivity index (χ0v) is 16.9. The molecule has 1 fully saturated rings. The van der Waals surface area contributed by atoms with E-state index < -0.39 is 23.0 Å². The summed E-state index contributed by atoms with van der Waals surface area (Å²) in [6.45, 7) is 0.374. The summed E-state index contributed by atoms with van der Waals surface area (Å²) in [5, 5.41) is 3.77. The minimum absolute atomic E-state index is 0.0283. The minimum Gasteiger partial charge on any atom is -0.359 e. The standard InChI is InChI=1S/C19H22ClF2N3OS/c1-25(2)10-11-8-13(21)15(14(22)9-11)16(26)17-18(20)24-19(27-17)23-12-6-4-3-5-7-12/h8-9,12H,3-7,10H2,1-2H3,(H,23,24). The van der Waals surface area contributed by atoms with Crippen molar-refractivity contribution in [2.75, 3.05) is 19.4 Å². The average molecular weight is 414 g/mol. The average Bonchev–Trinajstić information content (AvgIpc) is 2.94. The summed E-state index contributed by atoms with van der Waals surface area (Å²) < 4.78 is 28.9. The third-order valence-electron chi connectivity index (χ3n) is 4.55. The van der Waals surface area contributed by atoms with Gasteiger partial charge in [-0.1, -0.05) is 42.2 Å². The zero-order chi connectivity index (χ0) is 19.6. The van der Waals surface area contributed by atoms with Gasteiger partial charge in [-0.05, 0) is 44.6 Å². The van der Waals surface area contributed by atoms with Gasteiger partial charge >= 0.3 is 0 Å². The first-order chi connectivity index (χ1) is 12.8. The van der Waals surface area contributed by atoms with E-state index in [2.05, 4.69) is 10.3 Å². The summed E-state index contributed by atoms with van der Waals surface area (Å²) in [5.41, 5.74) is -0.131. The van der Waals surface area contributed by atoms with Crippen LogP contribution in [0.25, 0.3) is 0 Å². The van der Waals surface area contributed by atoms with Crippen molar-refractivity contribution in [3.63, 3.8) is 0 Å². The molecular formula is C19H22ClF2N3OS. The molecule has 146 valence electrons. The van der Waals surface area contributed by atoms with Crippen molar-refractivity contribution in [2.45, 2.75) is 44.7 Å². The maximum absolute atomic E-state index is 14.5. The van der Waals surface area contributed by atoms with Crippen LogP contribution in [0.2, 0.25) is 5.15 Å². The van der Waals surface area contributed by atoms with E-state index in [4.69, 9.17) is 11.6 Å². The number of hydrogen-bond donors (Lipinski definition) is 1. The third kappa shape index (κ3) is 4.83. The van der Waals surface area contributed by atoms with E-state index in [0.29, 0.717) is 23.3 Å². The smallest absolute Gasteiger partial charge is 0.212 e. The summed E-state index contributed by atoms with van der Waals surface area (Å²) in [4.78, 5) is 18.7. The van der Waals surface area contributed by atoms with Crippen LogP contribution >= 0.6 is 22.9 Å². The van der Waals surface area contributed by atoms with Gasteiger partial charge in [0.25, 0.3) is 0 Å². The Balaban J connectivity index is 1.83. The van der Waals surface area contributed by atoms with E-state index in [-0.39, 0.29) is 10.0 Å². The first-order valence-corrected chi connectivity index (χ1v) is 10.1. The van der Waals surface area contributed by atoms with Gasteiger partial charge in [-0.25, -0.2) is 13.8 Å². The van der Waals surface area contributed by atoms with Crippen LogP contribution in [0.15, 0.2) is 12.1 Å². The van der Waals surface area contributed by atoms with Crippen LogP contribution in [0, 0.1) is 11.6 Å². The van der Waals surface area contributed by atoms with Gasteiger partial charge in [-0.3, -0.25) is 4.79 Å². The molecule has 0 amide bonds. The normalized spacial score (nSPS) is 15.3. The predicted molar refractivity (Wildman–Crippen MR) is 105 cm³/mol. The number of hydrogen-bond acceptors (Lipinski definition) is 5. The van der Waals surface area contributed by atoms with Gasteiger partial charge in [-0.15, -0.1) is 0 Å². The lowest BCUT2D eigenvalue weighted by Crippen LogP contribution is -2.21. The Morgan fingerprint density at radius 2 is 1.89 bits per heavy atom. The van der Waals surface area contributed by atoms with E-state index in [1.165, 1.54) is 18.6 Å². The first-order valence-electron chi connectivity index (χ1n) is 8.95. The van der Waals surface area contributed by atoms with Crippen molar-refractivity contribution in [1.29, 1.82) is 0 Å². The van der Waals surface area contributed by atoms with Crippen LogP contribution in [-0.2, 0) is 6.54 Å². The third-order valence-corrected chi connectivity index (χ3v) is 5.92. The van der Waals surface area contributed by atoms with Gasteiger partial charge in [0.05, 0.1) is 5.56 Å². The summed E-state index contributed by atoms with van der Waals surface area (Å²) in [6, 6.07) is 2.67. The second-order valence-electron chi connectivity index (χ2n) is 7.12. The minimum atomic E-state index is -0.886. The number of nitrogens with one attached hydrogen (secondary N) is 1. The Kier molecular flexibility index (Phi) is 6.44. The molecule has 0 radical (unpaired) electrons. The predicted octanol–water partition coefficient (Wildman–Crippen LogP) is 5.11. The molecule has 0 spiro atoms. The second kappa shape index (κ2) is 8.63. The SMILES string of the molecule is CN(C)Cc1cc(F)c(C(=O)c2sc(NC3CCCCC3)nc2Cl)c(F)c1. The van der Waals surface area contributed by atoms with Crippen molar-refractivity contribution >= 4 is 33.9 Å². The van der Waals surface area contributed by atoms with Crippen LogP contribution in [0.4, 0.5) is 13.9 Å². The Labute approximate surface area is 166 Å². The molecule has 4 nitrogen and oxygen atoms in total. The van der Waals surface area contributed by atoms with Crippen molar-refractivity contribution in [1.82, 2.24) is 9.88 Å². The lowest BCUT2D eigenvalue weighted by molar-refractivity contribution is 0.103. The molecule has 0 aliphatic heterocycles. The van der Waals surface area contributed by atoms with Gasteiger partial charge in [0.1, 0.15) is 16.5 Å². The second-order valence-corrected chi connectivity index (χ2v) is 8.48. The quantitative estimate of drug-likeness (QED) is 0.668. The summed E-state index contributed by atoms with van der Waals surface area (Å²) in [7, 11) is 3.60. The van der Waals surface area contributed by atoms with E-state index in [1.54, 1.807) is 19.0 Å². The molecule has 1 aliphatic rings. The molecule has 1 aromatic carbocycles. The highest BCUT2D eigenvalue weighted by Crippen LogP contribution is 2.32. The number of anilines is 1. The van der Waals surface area contributed by atoms with Gasteiger partial charge in [0, 0.05) is 12.6 Å². The Hall–Kier alpha value is -1.57. The number of ketones is 1. The number of nitrogens with zero attached hydrogens (tertiary/aromatic N) is 2. The maximum Gasteiger partial charge on any atom is 0.212 e. The van der Waals surface area contributed by atoms with Crippen molar-refractivity contribution < 1.29 is 13.6 Å². The topological polar surface area (TPSA) is 45.2 Å². The Morgan fingerprint density at radius 3 is 2.48 bits per heavy atom. The molecule has 3 rings (SSSR count). The summed E-state index contributed by atoms with van der Waals surface area (Å²) >= 11 is 7.14.